The molecule has 4 heteroatoms. The molecular formula is C11H19NO3. The molecular weight excluding hydrogens is 194 g/mol. The third-order valence-corrected chi connectivity index (χ3v) is 3.22. The van der Waals surface area contributed by atoms with Crippen LogP contribution in [0.25, 0.3) is 0 Å². The van der Waals surface area contributed by atoms with E-state index in [-0.39, 0.29) is 12.0 Å². The maximum absolute atomic E-state index is 11.7. The van der Waals surface area contributed by atoms with Gasteiger partial charge in [-0.3, -0.25) is 4.79 Å². The summed E-state index contributed by atoms with van der Waals surface area (Å²) in [5.74, 6) is 0.169. The van der Waals surface area contributed by atoms with Gasteiger partial charge >= 0.3 is 0 Å². The number of hydrogen-bond donors (Lipinski definition) is 1. The first kappa shape index (κ1) is 10.9. The molecule has 2 aliphatic rings. The summed E-state index contributed by atoms with van der Waals surface area (Å²) in [6.07, 6.45) is 4.34. The molecule has 0 aromatic rings. The lowest BCUT2D eigenvalue weighted by atomic mass is 10.1. The van der Waals surface area contributed by atoms with Crippen LogP contribution in [0.5, 0.6) is 0 Å². The van der Waals surface area contributed by atoms with Crippen LogP contribution in [0.1, 0.15) is 32.1 Å². The van der Waals surface area contributed by atoms with Gasteiger partial charge in [0, 0.05) is 26.1 Å². The molecule has 0 aromatic carbocycles. The summed E-state index contributed by atoms with van der Waals surface area (Å²) in [4.78, 5) is 13.5. The van der Waals surface area contributed by atoms with Gasteiger partial charge in [-0.05, 0) is 25.7 Å². The van der Waals surface area contributed by atoms with Crippen molar-refractivity contribution in [3.8, 4) is 0 Å². The van der Waals surface area contributed by atoms with Crippen LogP contribution in [-0.2, 0) is 9.53 Å². The van der Waals surface area contributed by atoms with Crippen LogP contribution in [-0.4, -0.2) is 47.8 Å². The highest BCUT2D eigenvalue weighted by atomic mass is 16.5. The zero-order chi connectivity index (χ0) is 10.7. The Hall–Kier alpha value is -0.610. The fourth-order valence-electron chi connectivity index (χ4n) is 2.28. The third kappa shape index (κ3) is 2.92. The van der Waals surface area contributed by atoms with Crippen molar-refractivity contribution >= 4 is 5.91 Å². The van der Waals surface area contributed by atoms with Crippen molar-refractivity contribution in [3.63, 3.8) is 0 Å². The smallest absolute Gasteiger partial charge is 0.222 e. The Morgan fingerprint density at radius 2 is 2.33 bits per heavy atom. The maximum Gasteiger partial charge on any atom is 0.222 e. The molecule has 1 amide bonds. The minimum absolute atomic E-state index is 0.169. The fourth-order valence-corrected chi connectivity index (χ4v) is 2.28. The van der Waals surface area contributed by atoms with Crippen LogP contribution in [0.15, 0.2) is 0 Å². The number of hydrogen-bond acceptors (Lipinski definition) is 3. The summed E-state index contributed by atoms with van der Waals surface area (Å²) >= 11 is 0. The molecule has 2 fully saturated rings. The van der Waals surface area contributed by atoms with E-state index in [0.717, 1.165) is 32.3 Å². The number of rotatable bonds is 3. The number of β-amino-alcohol motifs (C(OH)–C–C–N with tert-alkyl or cyclic N) is 1. The molecule has 0 bridgehead atoms. The first-order chi connectivity index (χ1) is 7.25. The second-order valence-electron chi connectivity index (χ2n) is 4.46. The minimum Gasteiger partial charge on any atom is -0.391 e. The predicted molar refractivity (Wildman–Crippen MR) is 55.4 cm³/mol. The molecule has 0 saturated carbocycles. The number of aliphatic hydroxyl groups excluding tert-OH is 1. The molecule has 2 saturated heterocycles. The van der Waals surface area contributed by atoms with Crippen LogP contribution < -0.4 is 0 Å². The lowest BCUT2D eigenvalue weighted by Crippen LogP contribution is -2.30. The summed E-state index contributed by atoms with van der Waals surface area (Å²) in [6.45, 7) is 2.08. The molecule has 2 heterocycles. The average molecular weight is 213 g/mol. The highest BCUT2D eigenvalue weighted by Crippen LogP contribution is 2.18. The van der Waals surface area contributed by atoms with E-state index in [1.807, 2.05) is 0 Å². The summed E-state index contributed by atoms with van der Waals surface area (Å²) in [7, 11) is 0. The topological polar surface area (TPSA) is 49.8 Å². The zero-order valence-corrected chi connectivity index (χ0v) is 9.02. The number of ether oxygens (including phenoxy) is 1. The van der Waals surface area contributed by atoms with Crippen molar-refractivity contribution in [2.45, 2.75) is 44.3 Å². The number of carbonyl (C=O) groups excluding carboxylic acids is 1. The largest absolute Gasteiger partial charge is 0.391 e. The van der Waals surface area contributed by atoms with Gasteiger partial charge in [0.15, 0.2) is 0 Å². The van der Waals surface area contributed by atoms with E-state index in [9.17, 15) is 9.90 Å². The molecule has 1 N–H and O–H groups in total. The van der Waals surface area contributed by atoms with Gasteiger partial charge in [0.1, 0.15) is 0 Å². The van der Waals surface area contributed by atoms with E-state index in [1.165, 1.54) is 0 Å². The molecule has 0 aromatic heterocycles. The van der Waals surface area contributed by atoms with Gasteiger partial charge in [-0.15, -0.1) is 0 Å². The minimum atomic E-state index is -0.309. The van der Waals surface area contributed by atoms with Gasteiger partial charge in [-0.25, -0.2) is 0 Å². The van der Waals surface area contributed by atoms with E-state index >= 15 is 0 Å². The molecule has 86 valence electrons. The first-order valence-corrected chi connectivity index (χ1v) is 5.83. The summed E-state index contributed by atoms with van der Waals surface area (Å²) in [5.41, 5.74) is 0. The molecule has 0 aliphatic carbocycles. The molecule has 0 radical (unpaired) electrons. The highest BCUT2D eigenvalue weighted by molar-refractivity contribution is 5.76. The second kappa shape index (κ2) is 4.94. The number of aliphatic hydroxyl groups is 1. The van der Waals surface area contributed by atoms with Gasteiger partial charge in [0.25, 0.3) is 0 Å². The Morgan fingerprint density at radius 3 is 2.93 bits per heavy atom. The Kier molecular flexibility index (Phi) is 3.59. The lowest BCUT2D eigenvalue weighted by molar-refractivity contribution is -0.131. The van der Waals surface area contributed by atoms with E-state index < -0.39 is 0 Å². The Labute approximate surface area is 90.2 Å². The average Bonchev–Trinajstić information content (AvgIpc) is 2.84. The Morgan fingerprint density at radius 1 is 1.47 bits per heavy atom. The quantitative estimate of drug-likeness (QED) is 0.744. The molecule has 2 aliphatic heterocycles. The number of carbonyl (C=O) groups is 1. The summed E-state index contributed by atoms with van der Waals surface area (Å²) in [6, 6.07) is 0. The van der Waals surface area contributed by atoms with Gasteiger partial charge < -0.3 is 14.7 Å². The van der Waals surface area contributed by atoms with Gasteiger partial charge in [-0.1, -0.05) is 0 Å². The predicted octanol–water partition coefficient (Wildman–Crippen LogP) is 0.539. The van der Waals surface area contributed by atoms with Crippen LogP contribution >= 0.6 is 0 Å². The van der Waals surface area contributed by atoms with Gasteiger partial charge in [0.05, 0.1) is 12.2 Å². The molecule has 2 rings (SSSR count). The maximum atomic E-state index is 11.7. The standard InChI is InChI=1S/C11H19NO3/c13-9-5-6-12(8-9)11(14)4-3-10-2-1-7-15-10/h9-10,13H,1-8H2. The van der Waals surface area contributed by atoms with E-state index in [1.54, 1.807) is 4.90 Å². The zero-order valence-electron chi connectivity index (χ0n) is 9.02. The third-order valence-electron chi connectivity index (χ3n) is 3.22. The molecule has 15 heavy (non-hydrogen) atoms. The number of nitrogens with zero attached hydrogens (tertiary/aromatic N) is 1. The van der Waals surface area contributed by atoms with Crippen molar-refractivity contribution in [1.82, 2.24) is 4.90 Å². The summed E-state index contributed by atoms with van der Waals surface area (Å²) < 4.78 is 5.47. The molecule has 0 spiro atoms. The number of amides is 1. The monoisotopic (exact) mass is 213 g/mol. The summed E-state index contributed by atoms with van der Waals surface area (Å²) in [5, 5.41) is 9.31. The second-order valence-corrected chi connectivity index (χ2v) is 4.46. The molecule has 2 unspecified atom stereocenters. The normalized spacial score (nSPS) is 31.1. The van der Waals surface area contributed by atoms with Crippen molar-refractivity contribution in [2.24, 2.45) is 0 Å². The Balaban J connectivity index is 1.67. The highest BCUT2D eigenvalue weighted by Gasteiger charge is 2.25. The number of likely N-dealkylation sites (tertiary alicyclic amines) is 1. The van der Waals surface area contributed by atoms with Crippen molar-refractivity contribution < 1.29 is 14.6 Å². The van der Waals surface area contributed by atoms with Crippen molar-refractivity contribution in [3.05, 3.63) is 0 Å². The van der Waals surface area contributed by atoms with Crippen LogP contribution in [0.3, 0.4) is 0 Å². The van der Waals surface area contributed by atoms with Crippen LogP contribution in [0, 0.1) is 0 Å². The Bertz CT molecular complexity index is 226. The van der Waals surface area contributed by atoms with Crippen molar-refractivity contribution in [2.75, 3.05) is 19.7 Å². The SMILES string of the molecule is O=C(CCC1CCCO1)N1CCC(O)C1. The fraction of sp³-hybridized carbons (Fsp3) is 0.909. The van der Waals surface area contributed by atoms with Gasteiger partial charge in [0.2, 0.25) is 5.91 Å². The van der Waals surface area contributed by atoms with Gasteiger partial charge in [-0.2, -0.15) is 0 Å². The first-order valence-electron chi connectivity index (χ1n) is 5.83. The van der Waals surface area contributed by atoms with Crippen LogP contribution in [0.4, 0.5) is 0 Å². The molecule has 4 nitrogen and oxygen atoms in total. The lowest BCUT2D eigenvalue weighted by Gasteiger charge is -2.16. The van der Waals surface area contributed by atoms with Crippen LogP contribution in [0.2, 0.25) is 0 Å². The van der Waals surface area contributed by atoms with E-state index in [0.29, 0.717) is 25.6 Å². The van der Waals surface area contributed by atoms with E-state index in [2.05, 4.69) is 0 Å². The van der Waals surface area contributed by atoms with E-state index in [4.69, 9.17) is 4.74 Å². The van der Waals surface area contributed by atoms with Crippen molar-refractivity contribution in [1.29, 1.82) is 0 Å². The molecule has 2 atom stereocenters.